The molecule has 2 N–H and O–H groups in total. The van der Waals surface area contributed by atoms with Crippen molar-refractivity contribution in [3.63, 3.8) is 0 Å². The van der Waals surface area contributed by atoms with Gasteiger partial charge in [0.05, 0.1) is 10.5 Å². The van der Waals surface area contributed by atoms with Gasteiger partial charge in [-0.15, -0.1) is 0 Å². The molecule has 0 aromatic heterocycles. The summed E-state index contributed by atoms with van der Waals surface area (Å²) < 4.78 is 63.3. The molecule has 140 valence electrons. The van der Waals surface area contributed by atoms with Crippen molar-refractivity contribution in [2.45, 2.75) is 44.8 Å². The largest absolute Gasteiger partial charge is 0.416 e. The van der Waals surface area contributed by atoms with Gasteiger partial charge < -0.3 is 5.32 Å². The molecule has 1 aromatic rings. The topological polar surface area (TPSA) is 92.3 Å². The average molecular weight is 380 g/mol. The van der Waals surface area contributed by atoms with Gasteiger partial charge in [0.15, 0.2) is 0 Å². The van der Waals surface area contributed by atoms with Crippen LogP contribution in [0.25, 0.3) is 0 Å². The number of benzene rings is 1. The lowest BCUT2D eigenvalue weighted by Crippen LogP contribution is -2.49. The lowest BCUT2D eigenvalue weighted by Gasteiger charge is -2.21. The van der Waals surface area contributed by atoms with Crippen LogP contribution >= 0.6 is 0 Å². The second-order valence-corrected chi connectivity index (χ2v) is 8.12. The van der Waals surface area contributed by atoms with E-state index in [9.17, 15) is 31.2 Å². The van der Waals surface area contributed by atoms with Crippen molar-refractivity contribution in [1.29, 1.82) is 0 Å². The Morgan fingerprint density at radius 2 is 1.52 bits per heavy atom. The smallest absolute Gasteiger partial charge is 0.344 e. The van der Waals surface area contributed by atoms with Gasteiger partial charge in [0.2, 0.25) is 5.91 Å². The van der Waals surface area contributed by atoms with Crippen molar-refractivity contribution < 1.29 is 31.2 Å². The standard InChI is InChI=1S/C15H19F3N2O4S/c1-9(19-13(22)14(2,3)4)12(21)20-25(23,24)11-7-5-10(6-8-11)15(16,17)18/h5-9H,1-4H3,(H,19,22)(H,20,21). The first-order valence-corrected chi connectivity index (χ1v) is 8.68. The lowest BCUT2D eigenvalue weighted by molar-refractivity contribution is -0.137. The highest BCUT2D eigenvalue weighted by molar-refractivity contribution is 7.90. The second-order valence-electron chi connectivity index (χ2n) is 6.44. The van der Waals surface area contributed by atoms with Crippen LogP contribution in [0.1, 0.15) is 33.3 Å². The highest BCUT2D eigenvalue weighted by Crippen LogP contribution is 2.29. The molecule has 0 aliphatic rings. The average Bonchev–Trinajstić information content (AvgIpc) is 2.44. The molecule has 1 atom stereocenters. The number of nitrogens with one attached hydrogen (secondary N) is 2. The summed E-state index contributed by atoms with van der Waals surface area (Å²) in [5.74, 6) is -1.46. The molecule has 2 amide bonds. The zero-order valence-electron chi connectivity index (χ0n) is 14.1. The molecule has 1 unspecified atom stereocenters. The summed E-state index contributed by atoms with van der Waals surface area (Å²) in [6.07, 6.45) is -4.60. The predicted molar refractivity (Wildman–Crippen MR) is 83.8 cm³/mol. The van der Waals surface area contributed by atoms with Crippen molar-refractivity contribution in [1.82, 2.24) is 10.0 Å². The highest BCUT2D eigenvalue weighted by atomic mass is 32.2. The fraction of sp³-hybridized carbons (Fsp3) is 0.467. The lowest BCUT2D eigenvalue weighted by atomic mass is 9.95. The summed E-state index contributed by atoms with van der Waals surface area (Å²) in [5.41, 5.74) is -1.79. The summed E-state index contributed by atoms with van der Waals surface area (Å²) in [5, 5.41) is 2.36. The van der Waals surface area contributed by atoms with Gasteiger partial charge in [-0.25, -0.2) is 13.1 Å². The maximum absolute atomic E-state index is 12.5. The fourth-order valence-corrected chi connectivity index (χ4v) is 2.64. The molecule has 0 saturated carbocycles. The van der Waals surface area contributed by atoms with Crippen molar-refractivity contribution in [2.75, 3.05) is 0 Å². The summed E-state index contributed by atoms with van der Waals surface area (Å²) >= 11 is 0. The van der Waals surface area contributed by atoms with Gasteiger partial charge in [0.1, 0.15) is 6.04 Å². The van der Waals surface area contributed by atoms with E-state index < -0.39 is 49.9 Å². The van der Waals surface area contributed by atoms with Crippen LogP contribution in [0.2, 0.25) is 0 Å². The van der Waals surface area contributed by atoms with Crippen LogP contribution in [0.15, 0.2) is 29.2 Å². The molecule has 0 fully saturated rings. The number of amides is 2. The molecule has 6 nitrogen and oxygen atoms in total. The first kappa shape index (κ1) is 20.9. The van der Waals surface area contributed by atoms with Crippen LogP contribution in [0.5, 0.6) is 0 Å². The number of carbonyl (C=O) groups excluding carboxylic acids is 2. The van der Waals surface area contributed by atoms with Crippen molar-refractivity contribution in [3.8, 4) is 0 Å². The third-order valence-corrected chi connectivity index (χ3v) is 4.51. The molecule has 0 saturated heterocycles. The first-order chi connectivity index (χ1) is 11.1. The van der Waals surface area contributed by atoms with Crippen molar-refractivity contribution in [3.05, 3.63) is 29.8 Å². The summed E-state index contributed by atoms with van der Waals surface area (Å²) in [7, 11) is -4.36. The minimum absolute atomic E-state index is 0.456. The molecule has 0 bridgehead atoms. The Hall–Kier alpha value is -2.10. The molecule has 0 heterocycles. The Bertz CT molecular complexity index is 750. The molecule has 0 spiro atoms. The van der Waals surface area contributed by atoms with E-state index in [4.69, 9.17) is 0 Å². The molecule has 0 aliphatic heterocycles. The number of rotatable bonds is 4. The second kappa shape index (κ2) is 7.03. The zero-order chi connectivity index (χ0) is 19.6. The summed E-state index contributed by atoms with van der Waals surface area (Å²) in [6.45, 7) is 6.14. The Balaban J connectivity index is 2.87. The van der Waals surface area contributed by atoms with Gasteiger partial charge in [-0.3, -0.25) is 9.59 Å². The van der Waals surface area contributed by atoms with Crippen molar-refractivity contribution >= 4 is 21.8 Å². The van der Waals surface area contributed by atoms with E-state index >= 15 is 0 Å². The molecule has 1 aromatic carbocycles. The quantitative estimate of drug-likeness (QED) is 0.836. The molecule has 0 aliphatic carbocycles. The van der Waals surface area contributed by atoms with Crippen molar-refractivity contribution in [2.24, 2.45) is 5.41 Å². The van der Waals surface area contributed by atoms with Gasteiger partial charge in [0, 0.05) is 5.41 Å². The summed E-state index contributed by atoms with van der Waals surface area (Å²) in [6, 6.07) is 1.55. The molecular formula is C15H19F3N2O4S. The van der Waals surface area contributed by atoms with Crippen LogP contribution in [0.4, 0.5) is 13.2 Å². The van der Waals surface area contributed by atoms with Crippen LogP contribution in [0.3, 0.4) is 0 Å². The molecule has 10 heteroatoms. The molecular weight excluding hydrogens is 361 g/mol. The van der Waals surface area contributed by atoms with Crippen LogP contribution in [0, 0.1) is 5.41 Å². The Kier molecular flexibility index (Phi) is 5.89. The maximum atomic E-state index is 12.5. The number of alkyl halides is 3. The van der Waals surface area contributed by atoms with Crippen LogP contribution < -0.4 is 10.0 Å². The van der Waals surface area contributed by atoms with Gasteiger partial charge in [0.25, 0.3) is 15.9 Å². The normalized spacial score (nSPS) is 13.9. The van der Waals surface area contributed by atoms with E-state index in [1.807, 2.05) is 0 Å². The zero-order valence-corrected chi connectivity index (χ0v) is 14.9. The Labute approximate surface area is 143 Å². The minimum Gasteiger partial charge on any atom is -0.344 e. The van der Waals surface area contributed by atoms with Gasteiger partial charge >= 0.3 is 6.18 Å². The number of hydrogen-bond acceptors (Lipinski definition) is 4. The number of hydrogen-bond donors (Lipinski definition) is 2. The van der Waals surface area contributed by atoms with Crippen LogP contribution in [-0.4, -0.2) is 26.3 Å². The van der Waals surface area contributed by atoms with E-state index in [-0.39, 0.29) is 0 Å². The van der Waals surface area contributed by atoms with Gasteiger partial charge in [-0.1, -0.05) is 20.8 Å². The Morgan fingerprint density at radius 3 is 1.92 bits per heavy atom. The van der Waals surface area contributed by atoms with E-state index in [2.05, 4.69) is 5.32 Å². The minimum atomic E-state index is -4.60. The predicted octanol–water partition coefficient (Wildman–Crippen LogP) is 2.06. The number of halogens is 3. The Morgan fingerprint density at radius 1 is 1.04 bits per heavy atom. The van der Waals surface area contributed by atoms with E-state index in [1.165, 1.54) is 6.92 Å². The monoisotopic (exact) mass is 380 g/mol. The third kappa shape index (κ3) is 5.73. The number of sulfonamides is 1. The molecule has 25 heavy (non-hydrogen) atoms. The first-order valence-electron chi connectivity index (χ1n) is 7.19. The third-order valence-electron chi connectivity index (χ3n) is 3.15. The van der Waals surface area contributed by atoms with E-state index in [0.717, 1.165) is 12.1 Å². The fourth-order valence-electron chi connectivity index (χ4n) is 1.58. The maximum Gasteiger partial charge on any atom is 0.416 e. The molecule has 0 radical (unpaired) electrons. The van der Waals surface area contributed by atoms with Gasteiger partial charge in [-0.2, -0.15) is 13.2 Å². The van der Waals surface area contributed by atoms with E-state index in [1.54, 1.807) is 25.5 Å². The summed E-state index contributed by atoms with van der Waals surface area (Å²) in [4.78, 5) is 23.2. The van der Waals surface area contributed by atoms with E-state index in [0.29, 0.717) is 12.1 Å². The molecule has 1 rings (SSSR count). The number of carbonyl (C=O) groups is 2. The van der Waals surface area contributed by atoms with Gasteiger partial charge in [-0.05, 0) is 31.2 Å². The van der Waals surface area contributed by atoms with Crippen LogP contribution in [-0.2, 0) is 25.8 Å². The highest BCUT2D eigenvalue weighted by Gasteiger charge is 2.31. The SMILES string of the molecule is CC(NC(=O)C(C)(C)C)C(=O)NS(=O)(=O)c1ccc(C(F)(F)F)cc1.